The number of hydrogen-bond acceptors (Lipinski definition) is 5. The Morgan fingerprint density at radius 2 is 2.09 bits per heavy atom. The summed E-state index contributed by atoms with van der Waals surface area (Å²) in [6.45, 7) is 4.58. The highest BCUT2D eigenvalue weighted by Gasteiger charge is 2.13. The Hall–Kier alpha value is -2.25. The molecule has 2 amide bonds. The van der Waals surface area contributed by atoms with E-state index >= 15 is 0 Å². The summed E-state index contributed by atoms with van der Waals surface area (Å²) >= 11 is 1.35. The zero-order chi connectivity index (χ0) is 16.1. The van der Waals surface area contributed by atoms with Crippen molar-refractivity contribution in [2.45, 2.75) is 20.4 Å². The number of thiazole rings is 1. The maximum Gasteiger partial charge on any atom is 0.275 e. The smallest absolute Gasteiger partial charge is 0.275 e. The van der Waals surface area contributed by atoms with Gasteiger partial charge in [0, 0.05) is 29.7 Å². The Kier molecular flexibility index (Phi) is 5.24. The van der Waals surface area contributed by atoms with Crippen molar-refractivity contribution in [2.75, 3.05) is 11.9 Å². The Bertz CT molecular complexity index is 697. The Morgan fingerprint density at radius 1 is 1.32 bits per heavy atom. The van der Waals surface area contributed by atoms with Gasteiger partial charge in [0.15, 0.2) is 0 Å². The summed E-state index contributed by atoms with van der Waals surface area (Å²) in [5.74, 6) is -0.482. The Morgan fingerprint density at radius 3 is 2.73 bits per heavy atom. The van der Waals surface area contributed by atoms with Crippen molar-refractivity contribution in [3.63, 3.8) is 0 Å². The number of nitrogens with zero attached hydrogens (tertiary/aromatic N) is 1. The van der Waals surface area contributed by atoms with Crippen molar-refractivity contribution >= 4 is 28.8 Å². The summed E-state index contributed by atoms with van der Waals surface area (Å²) in [4.78, 5) is 28.2. The highest BCUT2D eigenvalue weighted by molar-refractivity contribution is 7.09. The number of aryl methyl sites for hydroxylation is 1. The molecule has 1 aromatic carbocycles. The molecule has 0 radical (unpaired) electrons. The van der Waals surface area contributed by atoms with Gasteiger partial charge < -0.3 is 16.4 Å². The van der Waals surface area contributed by atoms with Crippen LogP contribution in [0.25, 0.3) is 0 Å². The van der Waals surface area contributed by atoms with Gasteiger partial charge in [-0.15, -0.1) is 11.3 Å². The van der Waals surface area contributed by atoms with Crippen LogP contribution in [0.2, 0.25) is 0 Å². The predicted octanol–water partition coefficient (Wildman–Crippen LogP) is 1.91. The van der Waals surface area contributed by atoms with Gasteiger partial charge >= 0.3 is 0 Å². The van der Waals surface area contributed by atoms with Gasteiger partial charge in [0.1, 0.15) is 10.7 Å². The quantitative estimate of drug-likeness (QED) is 0.784. The van der Waals surface area contributed by atoms with E-state index in [-0.39, 0.29) is 11.8 Å². The lowest BCUT2D eigenvalue weighted by Crippen LogP contribution is -2.23. The van der Waals surface area contributed by atoms with Crippen molar-refractivity contribution in [2.24, 2.45) is 5.73 Å². The van der Waals surface area contributed by atoms with Crippen molar-refractivity contribution in [3.8, 4) is 0 Å². The molecule has 22 heavy (non-hydrogen) atoms. The molecule has 0 saturated heterocycles. The monoisotopic (exact) mass is 318 g/mol. The second-order valence-electron chi connectivity index (χ2n) is 4.67. The fraction of sp³-hybridized carbons (Fsp3) is 0.267. The van der Waals surface area contributed by atoms with Crippen LogP contribution in [0.4, 0.5) is 5.69 Å². The topological polar surface area (TPSA) is 97.1 Å². The number of anilines is 1. The number of carbonyl (C=O) groups is 2. The molecule has 6 nitrogen and oxygen atoms in total. The maximum atomic E-state index is 12.2. The standard InChI is InChI=1S/C15H18N4O2S/c1-3-17-14(20)10-5-4-9(2)11(6-10)19-15(21)12-8-22-13(7-16)18-12/h4-6,8H,3,7,16H2,1-2H3,(H,17,20)(H,19,21). The number of aromatic nitrogens is 1. The molecule has 0 saturated carbocycles. The number of benzene rings is 1. The van der Waals surface area contributed by atoms with Crippen LogP contribution >= 0.6 is 11.3 Å². The van der Waals surface area contributed by atoms with Gasteiger partial charge in [-0.3, -0.25) is 9.59 Å². The molecule has 0 aliphatic rings. The summed E-state index contributed by atoms with van der Waals surface area (Å²) in [7, 11) is 0. The van der Waals surface area contributed by atoms with E-state index in [1.165, 1.54) is 11.3 Å². The van der Waals surface area contributed by atoms with Crippen molar-refractivity contribution in [1.82, 2.24) is 10.3 Å². The van der Waals surface area contributed by atoms with Crippen LogP contribution in [0.3, 0.4) is 0 Å². The third-order valence-corrected chi connectivity index (χ3v) is 3.92. The highest BCUT2D eigenvalue weighted by Crippen LogP contribution is 2.18. The lowest BCUT2D eigenvalue weighted by molar-refractivity contribution is 0.0954. The molecule has 1 aromatic heterocycles. The third-order valence-electron chi connectivity index (χ3n) is 3.04. The average molecular weight is 318 g/mol. The van der Waals surface area contributed by atoms with E-state index in [9.17, 15) is 9.59 Å². The van der Waals surface area contributed by atoms with Crippen molar-refractivity contribution in [3.05, 3.63) is 45.4 Å². The first-order chi connectivity index (χ1) is 10.5. The average Bonchev–Trinajstić information content (AvgIpc) is 2.98. The molecule has 116 valence electrons. The molecule has 0 spiro atoms. The predicted molar refractivity (Wildman–Crippen MR) is 87.1 cm³/mol. The van der Waals surface area contributed by atoms with Crippen LogP contribution in [0.5, 0.6) is 0 Å². The molecule has 0 unspecified atom stereocenters. The number of hydrogen-bond donors (Lipinski definition) is 3. The third kappa shape index (κ3) is 3.69. The van der Waals surface area contributed by atoms with Gasteiger partial charge in [-0.1, -0.05) is 6.07 Å². The summed E-state index contributed by atoms with van der Waals surface area (Å²) in [5.41, 5.74) is 7.79. The normalized spacial score (nSPS) is 10.3. The van der Waals surface area contributed by atoms with E-state index in [1.807, 2.05) is 13.8 Å². The Labute approximate surface area is 132 Å². The zero-order valence-electron chi connectivity index (χ0n) is 12.5. The zero-order valence-corrected chi connectivity index (χ0v) is 13.3. The lowest BCUT2D eigenvalue weighted by Gasteiger charge is -2.10. The van der Waals surface area contributed by atoms with Crippen LogP contribution in [0.1, 0.15) is 38.3 Å². The summed E-state index contributed by atoms with van der Waals surface area (Å²) in [5, 5.41) is 7.89. The highest BCUT2D eigenvalue weighted by atomic mass is 32.1. The molecule has 0 aliphatic heterocycles. The maximum absolute atomic E-state index is 12.2. The molecular formula is C15H18N4O2S. The molecule has 2 rings (SSSR count). The van der Waals surface area contributed by atoms with Crippen LogP contribution < -0.4 is 16.4 Å². The van der Waals surface area contributed by atoms with E-state index in [2.05, 4.69) is 15.6 Å². The first kappa shape index (κ1) is 16.1. The first-order valence-electron chi connectivity index (χ1n) is 6.89. The number of carbonyl (C=O) groups excluding carboxylic acids is 2. The molecule has 7 heteroatoms. The van der Waals surface area contributed by atoms with Crippen LogP contribution in [0, 0.1) is 6.92 Å². The van der Waals surface area contributed by atoms with Crippen LogP contribution in [-0.2, 0) is 6.54 Å². The SMILES string of the molecule is CCNC(=O)c1ccc(C)c(NC(=O)c2csc(CN)n2)c1. The fourth-order valence-electron chi connectivity index (χ4n) is 1.86. The fourth-order valence-corrected chi connectivity index (χ4v) is 2.51. The van der Waals surface area contributed by atoms with Crippen molar-refractivity contribution in [1.29, 1.82) is 0 Å². The number of rotatable bonds is 5. The minimum Gasteiger partial charge on any atom is -0.352 e. The minimum atomic E-state index is -0.313. The van der Waals surface area contributed by atoms with Gasteiger partial charge in [-0.2, -0.15) is 0 Å². The van der Waals surface area contributed by atoms with E-state index in [4.69, 9.17) is 5.73 Å². The van der Waals surface area contributed by atoms with Gasteiger partial charge in [-0.25, -0.2) is 4.98 Å². The molecule has 0 bridgehead atoms. The van der Waals surface area contributed by atoms with Gasteiger partial charge in [0.2, 0.25) is 0 Å². The van der Waals surface area contributed by atoms with Gasteiger partial charge in [0.05, 0.1) is 0 Å². The second kappa shape index (κ2) is 7.15. The summed E-state index contributed by atoms with van der Waals surface area (Å²) in [6, 6.07) is 5.19. The molecule has 1 heterocycles. The van der Waals surface area contributed by atoms with E-state index < -0.39 is 0 Å². The summed E-state index contributed by atoms with van der Waals surface area (Å²) < 4.78 is 0. The minimum absolute atomic E-state index is 0.169. The molecule has 2 aromatic rings. The molecular weight excluding hydrogens is 300 g/mol. The van der Waals surface area contributed by atoms with E-state index in [1.54, 1.807) is 23.6 Å². The lowest BCUT2D eigenvalue weighted by atomic mass is 10.1. The van der Waals surface area contributed by atoms with Crippen LogP contribution in [-0.4, -0.2) is 23.3 Å². The second-order valence-corrected chi connectivity index (χ2v) is 5.62. The molecule has 0 aliphatic carbocycles. The van der Waals surface area contributed by atoms with Crippen LogP contribution in [0.15, 0.2) is 23.6 Å². The molecule has 0 fully saturated rings. The Balaban J connectivity index is 2.19. The molecule has 0 atom stereocenters. The summed E-state index contributed by atoms with van der Waals surface area (Å²) in [6.07, 6.45) is 0. The number of amides is 2. The molecule has 4 N–H and O–H groups in total. The number of nitrogens with two attached hydrogens (primary N) is 1. The number of nitrogens with one attached hydrogen (secondary N) is 2. The van der Waals surface area contributed by atoms with Gasteiger partial charge in [-0.05, 0) is 31.5 Å². The van der Waals surface area contributed by atoms with E-state index in [0.717, 1.165) is 5.56 Å². The van der Waals surface area contributed by atoms with Crippen molar-refractivity contribution < 1.29 is 9.59 Å². The van der Waals surface area contributed by atoms with Gasteiger partial charge in [0.25, 0.3) is 11.8 Å². The largest absolute Gasteiger partial charge is 0.352 e. The van der Waals surface area contributed by atoms with E-state index in [0.29, 0.717) is 35.0 Å². The first-order valence-corrected chi connectivity index (χ1v) is 7.77.